The SMILES string of the molecule is Cc1csc(C2(CNC(=O)OCc3ccccc3)C3CCN(c4cnc5c(-c6ccccc6Cl)nn(C6CCCCO6)c5n4)CC32)n1. The number of alkyl carbamates (subject to hydrolysis) is 1. The lowest BCUT2D eigenvalue weighted by Gasteiger charge is -2.27. The van der Waals surface area contributed by atoms with Crippen LogP contribution in [0.1, 0.15) is 48.2 Å². The van der Waals surface area contributed by atoms with Crippen molar-refractivity contribution >= 4 is 46.0 Å². The van der Waals surface area contributed by atoms with Gasteiger partial charge >= 0.3 is 6.09 Å². The van der Waals surface area contributed by atoms with Gasteiger partial charge in [0.05, 0.1) is 11.2 Å². The number of aryl methyl sites for hydroxylation is 1. The normalized spacial score (nSPS) is 23.8. The van der Waals surface area contributed by atoms with Gasteiger partial charge in [-0.1, -0.05) is 60.1 Å². The number of hydrogen-bond acceptors (Lipinski definition) is 9. The number of anilines is 1. The predicted octanol–water partition coefficient (Wildman–Crippen LogP) is 6.93. The number of nitrogens with zero attached hydrogens (tertiary/aromatic N) is 6. The minimum Gasteiger partial charge on any atom is -0.445 e. The molecule has 5 heterocycles. The number of halogens is 1. The second kappa shape index (κ2) is 12.5. The van der Waals surface area contributed by atoms with Crippen LogP contribution in [0.2, 0.25) is 5.02 Å². The molecule has 1 amide bonds. The van der Waals surface area contributed by atoms with Crippen molar-refractivity contribution < 1.29 is 14.3 Å². The number of rotatable bonds is 8. The summed E-state index contributed by atoms with van der Waals surface area (Å²) >= 11 is 8.30. The third-order valence-corrected chi connectivity index (χ3v) is 11.3. The molecular formula is C35H36ClN7O3S. The summed E-state index contributed by atoms with van der Waals surface area (Å²) in [6.07, 6.45) is 5.19. The number of carbonyl (C=O) groups excluding carboxylic acids is 1. The lowest BCUT2D eigenvalue weighted by molar-refractivity contribution is -0.0368. The Morgan fingerprint density at radius 1 is 1.11 bits per heavy atom. The fourth-order valence-electron chi connectivity index (χ4n) is 7.40. The Balaban J connectivity index is 1.06. The summed E-state index contributed by atoms with van der Waals surface area (Å²) < 4.78 is 13.6. The van der Waals surface area contributed by atoms with Crippen LogP contribution < -0.4 is 10.2 Å². The Hall–Kier alpha value is -4.06. The zero-order chi connectivity index (χ0) is 32.0. The Morgan fingerprint density at radius 3 is 2.74 bits per heavy atom. The second-order valence-corrected chi connectivity index (χ2v) is 14.0. The van der Waals surface area contributed by atoms with Crippen LogP contribution in [0.25, 0.3) is 22.4 Å². The van der Waals surface area contributed by atoms with Gasteiger partial charge in [-0.25, -0.2) is 24.4 Å². The number of carbonyl (C=O) groups is 1. The number of piperidine rings is 1. The molecular weight excluding hydrogens is 634 g/mol. The van der Waals surface area contributed by atoms with E-state index in [0.29, 0.717) is 46.9 Å². The van der Waals surface area contributed by atoms with E-state index < -0.39 is 6.09 Å². The quantitative estimate of drug-likeness (QED) is 0.190. The van der Waals surface area contributed by atoms with Crippen LogP contribution in [0, 0.1) is 18.8 Å². The Kier molecular flexibility index (Phi) is 8.07. The van der Waals surface area contributed by atoms with Crippen LogP contribution in [-0.2, 0) is 21.5 Å². The van der Waals surface area contributed by atoms with Gasteiger partial charge < -0.3 is 19.7 Å². The fraction of sp³-hybridized carbons (Fsp3) is 0.400. The highest BCUT2D eigenvalue weighted by atomic mass is 35.5. The number of hydrogen-bond donors (Lipinski definition) is 1. The minimum absolute atomic E-state index is 0.199. The van der Waals surface area contributed by atoms with E-state index in [1.54, 1.807) is 11.3 Å². The molecule has 12 heteroatoms. The van der Waals surface area contributed by atoms with Crippen LogP contribution in [0.4, 0.5) is 10.6 Å². The van der Waals surface area contributed by atoms with Crippen molar-refractivity contribution in [1.29, 1.82) is 0 Å². The molecule has 1 aliphatic carbocycles. The molecule has 1 saturated carbocycles. The van der Waals surface area contributed by atoms with E-state index in [-0.39, 0.29) is 18.2 Å². The first-order valence-corrected chi connectivity index (χ1v) is 17.5. The van der Waals surface area contributed by atoms with Gasteiger partial charge in [0.25, 0.3) is 0 Å². The molecule has 242 valence electrons. The smallest absolute Gasteiger partial charge is 0.407 e. The largest absolute Gasteiger partial charge is 0.445 e. The van der Waals surface area contributed by atoms with E-state index in [9.17, 15) is 4.79 Å². The molecule has 0 radical (unpaired) electrons. The van der Waals surface area contributed by atoms with E-state index in [1.807, 2.05) is 72.4 Å². The van der Waals surface area contributed by atoms with Crippen molar-refractivity contribution in [2.45, 2.75) is 50.9 Å². The number of ether oxygens (including phenoxy) is 2. The van der Waals surface area contributed by atoms with E-state index in [4.69, 9.17) is 41.1 Å². The molecule has 47 heavy (non-hydrogen) atoms. The molecule has 2 saturated heterocycles. The Labute approximate surface area is 282 Å². The maximum atomic E-state index is 12.8. The van der Waals surface area contributed by atoms with E-state index in [1.165, 1.54) is 0 Å². The van der Waals surface area contributed by atoms with E-state index >= 15 is 0 Å². The van der Waals surface area contributed by atoms with Gasteiger partial charge in [-0.2, -0.15) is 5.10 Å². The van der Waals surface area contributed by atoms with Crippen LogP contribution >= 0.6 is 22.9 Å². The Bertz CT molecular complexity index is 1910. The summed E-state index contributed by atoms with van der Waals surface area (Å²) in [7, 11) is 0. The average Bonchev–Trinajstić information content (AvgIpc) is 3.33. The van der Waals surface area contributed by atoms with Gasteiger partial charge in [0.2, 0.25) is 0 Å². The number of nitrogens with one attached hydrogen (secondary N) is 1. The molecule has 4 atom stereocenters. The lowest BCUT2D eigenvalue weighted by atomic mass is 10.0. The summed E-state index contributed by atoms with van der Waals surface area (Å²) in [5, 5.41) is 11.9. The predicted molar refractivity (Wildman–Crippen MR) is 182 cm³/mol. The standard InChI is InChI=1S/C35H36ClN7O3S/c1-22-20-47-33(39-22)35(21-38-34(44)46-19-23-9-3-2-4-10-23)25-14-15-42(18-26(25)35)28-17-37-31-30(24-11-5-6-12-27(24)36)41-43(32(31)40-28)29-13-7-8-16-45-29/h2-6,9-12,17,20,25-26,29H,7-8,13-16,18-19,21H2,1H3,(H,38,44). The summed E-state index contributed by atoms with van der Waals surface area (Å²) in [5.41, 5.74) is 4.66. The number of aromatic nitrogens is 5. The molecule has 1 N–H and O–H groups in total. The van der Waals surface area contributed by atoms with Crippen molar-refractivity contribution in [3.05, 3.63) is 87.5 Å². The summed E-state index contributed by atoms with van der Waals surface area (Å²) in [6, 6.07) is 17.4. The summed E-state index contributed by atoms with van der Waals surface area (Å²) in [6.45, 7) is 5.05. The molecule has 4 unspecified atom stereocenters. The second-order valence-electron chi connectivity index (χ2n) is 12.7. The van der Waals surface area contributed by atoms with Crippen molar-refractivity contribution in [2.75, 3.05) is 31.1 Å². The maximum Gasteiger partial charge on any atom is 0.407 e. The lowest BCUT2D eigenvalue weighted by Crippen LogP contribution is -2.35. The number of fused-ring (bicyclic) bond motifs is 2. The highest BCUT2D eigenvalue weighted by Crippen LogP contribution is 2.64. The zero-order valence-electron chi connectivity index (χ0n) is 26.1. The zero-order valence-corrected chi connectivity index (χ0v) is 27.7. The molecule has 5 aromatic rings. The number of benzene rings is 2. The molecule has 2 aromatic carbocycles. The van der Waals surface area contributed by atoms with Crippen molar-refractivity contribution in [3.8, 4) is 11.3 Å². The van der Waals surface area contributed by atoms with Gasteiger partial charge in [-0.3, -0.25) is 0 Å². The van der Waals surface area contributed by atoms with Crippen LogP contribution in [0.5, 0.6) is 0 Å². The van der Waals surface area contributed by atoms with Gasteiger partial charge in [0, 0.05) is 48.3 Å². The topological polar surface area (TPSA) is 107 Å². The summed E-state index contributed by atoms with van der Waals surface area (Å²) in [4.78, 5) is 30.2. The molecule has 0 spiro atoms. The molecule has 10 nitrogen and oxygen atoms in total. The Morgan fingerprint density at radius 2 is 1.96 bits per heavy atom. The molecule has 2 aliphatic heterocycles. The van der Waals surface area contributed by atoms with E-state index in [2.05, 4.69) is 15.6 Å². The maximum absolute atomic E-state index is 12.8. The summed E-state index contributed by atoms with van der Waals surface area (Å²) in [5.74, 6) is 1.52. The van der Waals surface area contributed by atoms with Crippen LogP contribution in [-0.4, -0.2) is 57.1 Å². The average molecular weight is 670 g/mol. The molecule has 3 aromatic heterocycles. The van der Waals surface area contributed by atoms with Gasteiger partial charge in [-0.15, -0.1) is 11.3 Å². The number of thiazole rings is 1. The molecule has 8 rings (SSSR count). The van der Waals surface area contributed by atoms with E-state index in [0.717, 1.165) is 66.4 Å². The van der Waals surface area contributed by atoms with Gasteiger partial charge in [-0.05, 0) is 56.1 Å². The van der Waals surface area contributed by atoms with Crippen molar-refractivity contribution in [2.24, 2.45) is 11.8 Å². The fourth-order valence-corrected chi connectivity index (χ4v) is 8.76. The van der Waals surface area contributed by atoms with Crippen LogP contribution in [0.15, 0.2) is 66.2 Å². The van der Waals surface area contributed by atoms with Crippen molar-refractivity contribution in [1.82, 2.24) is 30.0 Å². The highest BCUT2D eigenvalue weighted by molar-refractivity contribution is 7.09. The highest BCUT2D eigenvalue weighted by Gasteiger charge is 2.68. The molecule has 0 bridgehead atoms. The third-order valence-electron chi connectivity index (χ3n) is 9.85. The first-order chi connectivity index (χ1) is 23.0. The van der Waals surface area contributed by atoms with Crippen LogP contribution in [0.3, 0.4) is 0 Å². The number of amides is 1. The third kappa shape index (κ3) is 5.64. The first kappa shape index (κ1) is 30.3. The minimum atomic E-state index is -0.411. The molecule has 3 fully saturated rings. The van der Waals surface area contributed by atoms with Gasteiger partial charge in [0.1, 0.15) is 28.6 Å². The molecule has 3 aliphatic rings. The monoisotopic (exact) mass is 669 g/mol. The van der Waals surface area contributed by atoms with Crippen molar-refractivity contribution in [3.63, 3.8) is 0 Å². The van der Waals surface area contributed by atoms with Gasteiger partial charge in [0.15, 0.2) is 11.9 Å². The first-order valence-electron chi connectivity index (χ1n) is 16.2.